The molecule has 0 saturated carbocycles. The van der Waals surface area contributed by atoms with E-state index in [1.165, 1.54) is 0 Å². The first kappa shape index (κ1) is 12.3. The van der Waals surface area contributed by atoms with Crippen LogP contribution in [0, 0.1) is 13.8 Å². The van der Waals surface area contributed by atoms with Gasteiger partial charge in [-0.2, -0.15) is 4.98 Å². The minimum Gasteiger partial charge on any atom is -0.397 e. The maximum Gasteiger partial charge on any atom is 0.260 e. The molecule has 0 unspecified atom stereocenters. The number of hydrogen-bond acceptors (Lipinski definition) is 6. The van der Waals surface area contributed by atoms with Crippen molar-refractivity contribution in [3.05, 3.63) is 42.0 Å². The lowest BCUT2D eigenvalue weighted by Crippen LogP contribution is -1.91. The smallest absolute Gasteiger partial charge is 0.260 e. The number of anilines is 1. The average molecular weight is 267 g/mol. The Balaban J connectivity index is 2.04. The van der Waals surface area contributed by atoms with Crippen molar-refractivity contribution in [3.63, 3.8) is 0 Å². The van der Waals surface area contributed by atoms with Crippen LogP contribution in [0.4, 0.5) is 5.69 Å². The molecule has 3 heterocycles. The highest BCUT2D eigenvalue weighted by Gasteiger charge is 2.13. The summed E-state index contributed by atoms with van der Waals surface area (Å²) < 4.78 is 5.28. The number of nitrogen functional groups attached to an aromatic ring is 1. The Bertz CT molecular complexity index is 746. The van der Waals surface area contributed by atoms with Crippen molar-refractivity contribution in [3.8, 4) is 22.8 Å². The Kier molecular flexibility index (Phi) is 2.90. The van der Waals surface area contributed by atoms with Gasteiger partial charge in [-0.1, -0.05) is 5.16 Å². The Morgan fingerprint density at radius 3 is 2.55 bits per heavy atom. The fraction of sp³-hybridized carbons (Fsp3) is 0.143. The van der Waals surface area contributed by atoms with Gasteiger partial charge in [0.1, 0.15) is 0 Å². The largest absolute Gasteiger partial charge is 0.397 e. The number of hydrogen-bond donors (Lipinski definition) is 1. The number of nitrogens with zero attached hydrogens (tertiary/aromatic N) is 4. The van der Waals surface area contributed by atoms with Crippen LogP contribution in [0.3, 0.4) is 0 Å². The van der Waals surface area contributed by atoms with Crippen LogP contribution in [0.2, 0.25) is 0 Å². The van der Waals surface area contributed by atoms with E-state index < -0.39 is 0 Å². The highest BCUT2D eigenvalue weighted by atomic mass is 16.5. The van der Waals surface area contributed by atoms with Gasteiger partial charge < -0.3 is 10.3 Å². The standard InChI is InChI=1S/C14H13N5O/c1-8-5-10(6-9(2)17-8)13-18-14(20-19-13)11-3-4-16-7-12(11)15/h3-7H,15H2,1-2H3. The molecule has 6 heteroatoms. The van der Waals surface area contributed by atoms with E-state index in [1.807, 2.05) is 26.0 Å². The van der Waals surface area contributed by atoms with Gasteiger partial charge in [0, 0.05) is 23.1 Å². The monoisotopic (exact) mass is 267 g/mol. The lowest BCUT2D eigenvalue weighted by atomic mass is 10.2. The molecule has 6 nitrogen and oxygen atoms in total. The molecule has 0 radical (unpaired) electrons. The third-order valence-electron chi connectivity index (χ3n) is 2.85. The lowest BCUT2D eigenvalue weighted by molar-refractivity contribution is 0.432. The Morgan fingerprint density at radius 2 is 1.85 bits per heavy atom. The van der Waals surface area contributed by atoms with Crippen LogP contribution in [0.15, 0.2) is 35.1 Å². The fourth-order valence-corrected chi connectivity index (χ4v) is 2.02. The van der Waals surface area contributed by atoms with Crippen molar-refractivity contribution >= 4 is 5.69 Å². The Hall–Kier alpha value is -2.76. The maximum absolute atomic E-state index is 5.85. The summed E-state index contributed by atoms with van der Waals surface area (Å²) in [6.07, 6.45) is 3.19. The molecule has 3 rings (SSSR count). The SMILES string of the molecule is Cc1cc(-c2noc(-c3ccncc3N)n2)cc(C)n1. The normalized spacial score (nSPS) is 10.7. The zero-order valence-electron chi connectivity index (χ0n) is 11.2. The summed E-state index contributed by atoms with van der Waals surface area (Å²) in [5.74, 6) is 0.900. The quantitative estimate of drug-likeness (QED) is 0.766. The summed E-state index contributed by atoms with van der Waals surface area (Å²) in [6, 6.07) is 5.57. The molecule has 0 aliphatic heterocycles. The summed E-state index contributed by atoms with van der Waals surface area (Å²) >= 11 is 0. The van der Waals surface area contributed by atoms with E-state index in [-0.39, 0.29) is 0 Å². The van der Waals surface area contributed by atoms with Gasteiger partial charge in [-0.3, -0.25) is 9.97 Å². The van der Waals surface area contributed by atoms with Gasteiger partial charge >= 0.3 is 0 Å². The molecular weight excluding hydrogens is 254 g/mol. The van der Waals surface area contributed by atoms with Gasteiger partial charge in [-0.15, -0.1) is 0 Å². The third kappa shape index (κ3) is 2.23. The van der Waals surface area contributed by atoms with Gasteiger partial charge in [0.2, 0.25) is 5.82 Å². The number of rotatable bonds is 2. The Morgan fingerprint density at radius 1 is 1.10 bits per heavy atom. The molecule has 0 atom stereocenters. The molecule has 0 amide bonds. The topological polar surface area (TPSA) is 90.7 Å². The molecule has 0 bridgehead atoms. The van der Waals surface area contributed by atoms with Gasteiger partial charge in [-0.25, -0.2) is 0 Å². The summed E-state index contributed by atoms with van der Waals surface area (Å²) in [5.41, 5.74) is 9.73. The highest BCUT2D eigenvalue weighted by molar-refractivity contribution is 5.70. The summed E-state index contributed by atoms with van der Waals surface area (Å²) in [6.45, 7) is 3.86. The highest BCUT2D eigenvalue weighted by Crippen LogP contribution is 2.26. The van der Waals surface area contributed by atoms with Gasteiger partial charge in [-0.05, 0) is 32.0 Å². The molecule has 0 spiro atoms. The van der Waals surface area contributed by atoms with Gasteiger partial charge in [0.15, 0.2) is 0 Å². The van der Waals surface area contributed by atoms with Crippen molar-refractivity contribution in [1.82, 2.24) is 20.1 Å². The first-order valence-corrected chi connectivity index (χ1v) is 6.13. The zero-order valence-corrected chi connectivity index (χ0v) is 11.2. The number of aryl methyl sites for hydroxylation is 2. The predicted molar refractivity (Wildman–Crippen MR) is 74.6 cm³/mol. The van der Waals surface area contributed by atoms with E-state index in [4.69, 9.17) is 10.3 Å². The lowest BCUT2D eigenvalue weighted by Gasteiger charge is -1.99. The van der Waals surface area contributed by atoms with Crippen LogP contribution < -0.4 is 5.73 Å². The second kappa shape index (κ2) is 4.73. The van der Waals surface area contributed by atoms with E-state index in [9.17, 15) is 0 Å². The van der Waals surface area contributed by atoms with E-state index >= 15 is 0 Å². The number of aromatic nitrogens is 4. The molecule has 3 aromatic heterocycles. The van der Waals surface area contributed by atoms with Crippen molar-refractivity contribution < 1.29 is 4.52 Å². The van der Waals surface area contributed by atoms with Crippen molar-refractivity contribution in [1.29, 1.82) is 0 Å². The molecule has 20 heavy (non-hydrogen) atoms. The molecule has 0 aliphatic rings. The molecule has 0 fully saturated rings. The minimum absolute atomic E-state index is 0.381. The molecule has 3 aromatic rings. The van der Waals surface area contributed by atoms with Crippen molar-refractivity contribution in [2.75, 3.05) is 5.73 Å². The zero-order chi connectivity index (χ0) is 14.1. The second-order valence-electron chi connectivity index (χ2n) is 4.52. The van der Waals surface area contributed by atoms with Crippen molar-refractivity contribution in [2.45, 2.75) is 13.8 Å². The first-order chi connectivity index (χ1) is 9.63. The predicted octanol–water partition coefficient (Wildman–Crippen LogP) is 2.39. The molecule has 0 aromatic carbocycles. The van der Waals surface area contributed by atoms with Crippen LogP contribution in [0.25, 0.3) is 22.8 Å². The summed E-state index contributed by atoms with van der Waals surface area (Å²) in [7, 11) is 0. The Labute approximate surface area is 115 Å². The van der Waals surface area contributed by atoms with Crippen LogP contribution in [-0.2, 0) is 0 Å². The minimum atomic E-state index is 0.381. The molecule has 0 saturated heterocycles. The molecular formula is C14H13N5O. The molecule has 0 aliphatic carbocycles. The van der Waals surface area contributed by atoms with Crippen LogP contribution in [-0.4, -0.2) is 20.1 Å². The van der Waals surface area contributed by atoms with Gasteiger partial charge in [0.25, 0.3) is 5.89 Å². The van der Waals surface area contributed by atoms with Crippen LogP contribution in [0.1, 0.15) is 11.4 Å². The van der Waals surface area contributed by atoms with Gasteiger partial charge in [0.05, 0.1) is 17.4 Å². The maximum atomic E-state index is 5.85. The van der Waals surface area contributed by atoms with Crippen molar-refractivity contribution in [2.24, 2.45) is 0 Å². The summed E-state index contributed by atoms with van der Waals surface area (Å²) in [5, 5.41) is 4.00. The third-order valence-corrected chi connectivity index (χ3v) is 2.85. The van der Waals surface area contributed by atoms with E-state index in [1.54, 1.807) is 18.5 Å². The first-order valence-electron chi connectivity index (χ1n) is 6.13. The second-order valence-corrected chi connectivity index (χ2v) is 4.52. The van der Waals surface area contributed by atoms with E-state index in [0.29, 0.717) is 23.0 Å². The van der Waals surface area contributed by atoms with Crippen LogP contribution in [0.5, 0.6) is 0 Å². The van der Waals surface area contributed by atoms with E-state index in [2.05, 4.69) is 20.1 Å². The molecule has 2 N–H and O–H groups in total. The number of pyridine rings is 2. The number of nitrogens with two attached hydrogens (primary N) is 1. The summed E-state index contributed by atoms with van der Waals surface area (Å²) in [4.78, 5) is 12.6. The fourth-order valence-electron chi connectivity index (χ4n) is 2.02. The van der Waals surface area contributed by atoms with E-state index in [0.717, 1.165) is 17.0 Å². The molecule has 100 valence electrons. The van der Waals surface area contributed by atoms with Crippen LogP contribution >= 0.6 is 0 Å². The average Bonchev–Trinajstić information content (AvgIpc) is 2.87.